The van der Waals surface area contributed by atoms with Gasteiger partial charge in [0.05, 0.1) is 5.69 Å². The molecule has 0 unspecified atom stereocenters. The van der Waals surface area contributed by atoms with E-state index in [1.165, 1.54) is 16.5 Å². The van der Waals surface area contributed by atoms with Gasteiger partial charge >= 0.3 is 0 Å². The van der Waals surface area contributed by atoms with Crippen molar-refractivity contribution in [1.29, 1.82) is 0 Å². The van der Waals surface area contributed by atoms with Crippen molar-refractivity contribution in [2.75, 3.05) is 5.75 Å². The lowest BCUT2D eigenvalue weighted by Crippen LogP contribution is -1.87. The van der Waals surface area contributed by atoms with Crippen LogP contribution in [0.2, 0.25) is 0 Å². The second kappa shape index (κ2) is 4.87. The Hall–Kier alpha value is -0.0200. The highest BCUT2D eigenvalue weighted by atomic mass is 32.2. The summed E-state index contributed by atoms with van der Waals surface area (Å²) >= 11 is 3.72. The second-order valence-corrected chi connectivity index (χ2v) is 5.17. The number of aromatic nitrogens is 1. The minimum Gasteiger partial charge on any atom is -0.245 e. The fourth-order valence-electron chi connectivity index (χ4n) is 0.846. The maximum absolute atomic E-state index is 4.54. The van der Waals surface area contributed by atoms with E-state index >= 15 is 0 Å². The lowest BCUT2D eigenvalue weighted by atomic mass is 10.2. The molecule has 0 amide bonds. The van der Waals surface area contributed by atoms with Crippen LogP contribution in [0, 0.1) is 0 Å². The Morgan fingerprint density at radius 3 is 2.83 bits per heavy atom. The monoisotopic (exact) mass is 201 g/mol. The van der Waals surface area contributed by atoms with Crippen LogP contribution in [0.3, 0.4) is 0 Å². The van der Waals surface area contributed by atoms with E-state index in [0.29, 0.717) is 5.92 Å². The van der Waals surface area contributed by atoms with Crippen molar-refractivity contribution in [3.05, 3.63) is 16.1 Å². The molecule has 0 spiro atoms. The van der Waals surface area contributed by atoms with Crippen LogP contribution in [0.15, 0.2) is 5.38 Å². The molecule has 0 aliphatic rings. The summed E-state index contributed by atoms with van der Waals surface area (Å²) in [6.07, 6.45) is 0. The first-order valence-electron chi connectivity index (χ1n) is 4.26. The molecule has 1 aromatic rings. The molecule has 1 aromatic heterocycles. The van der Waals surface area contributed by atoms with Gasteiger partial charge in [-0.15, -0.1) is 11.3 Å². The quantitative estimate of drug-likeness (QED) is 0.739. The summed E-state index contributed by atoms with van der Waals surface area (Å²) in [4.78, 5) is 4.54. The molecule has 0 fully saturated rings. The molecule has 1 nitrogen and oxygen atoms in total. The standard InChI is InChI=1S/C9H15NS2/c1-4-11-6-9-10-8(5-12-9)7(2)3/h5,7H,4,6H2,1-3H3. The van der Waals surface area contributed by atoms with Gasteiger partial charge in [0.1, 0.15) is 5.01 Å². The Morgan fingerprint density at radius 2 is 2.33 bits per heavy atom. The van der Waals surface area contributed by atoms with E-state index in [-0.39, 0.29) is 0 Å². The largest absolute Gasteiger partial charge is 0.245 e. The normalized spacial score (nSPS) is 11.0. The maximum atomic E-state index is 4.54. The van der Waals surface area contributed by atoms with Crippen LogP contribution >= 0.6 is 23.1 Å². The van der Waals surface area contributed by atoms with E-state index in [1.54, 1.807) is 11.3 Å². The van der Waals surface area contributed by atoms with Gasteiger partial charge in [-0.1, -0.05) is 20.8 Å². The number of nitrogens with zero attached hydrogens (tertiary/aromatic N) is 1. The van der Waals surface area contributed by atoms with Gasteiger partial charge in [0.15, 0.2) is 0 Å². The molecule has 0 aliphatic carbocycles. The van der Waals surface area contributed by atoms with E-state index < -0.39 is 0 Å². The van der Waals surface area contributed by atoms with E-state index in [9.17, 15) is 0 Å². The van der Waals surface area contributed by atoms with E-state index in [2.05, 4.69) is 31.1 Å². The van der Waals surface area contributed by atoms with Crippen molar-refractivity contribution < 1.29 is 0 Å². The first kappa shape index (κ1) is 10.1. The highest BCUT2D eigenvalue weighted by Crippen LogP contribution is 2.20. The molecule has 0 aromatic carbocycles. The summed E-state index contributed by atoms with van der Waals surface area (Å²) < 4.78 is 0. The first-order chi connectivity index (χ1) is 5.74. The molecular formula is C9H15NS2. The predicted octanol–water partition coefficient (Wildman–Crippen LogP) is 3.52. The highest BCUT2D eigenvalue weighted by molar-refractivity contribution is 7.98. The van der Waals surface area contributed by atoms with Crippen LogP contribution in [-0.4, -0.2) is 10.7 Å². The topological polar surface area (TPSA) is 12.9 Å². The number of rotatable bonds is 4. The summed E-state index contributed by atoms with van der Waals surface area (Å²) in [6, 6.07) is 0. The van der Waals surface area contributed by atoms with Crippen molar-refractivity contribution in [2.24, 2.45) is 0 Å². The Morgan fingerprint density at radius 1 is 1.58 bits per heavy atom. The minimum absolute atomic E-state index is 0.571. The lowest BCUT2D eigenvalue weighted by Gasteiger charge is -1.96. The summed E-state index contributed by atoms with van der Waals surface area (Å²) in [5, 5.41) is 3.45. The van der Waals surface area contributed by atoms with Gasteiger partial charge < -0.3 is 0 Å². The molecule has 0 aliphatic heterocycles. The SMILES string of the molecule is CCSCc1nc(C(C)C)cs1. The van der Waals surface area contributed by atoms with Gasteiger partial charge in [-0.3, -0.25) is 0 Å². The van der Waals surface area contributed by atoms with Crippen LogP contribution < -0.4 is 0 Å². The highest BCUT2D eigenvalue weighted by Gasteiger charge is 2.04. The summed E-state index contributed by atoms with van der Waals surface area (Å²) in [5.74, 6) is 2.83. The zero-order valence-electron chi connectivity index (χ0n) is 7.83. The molecule has 1 heterocycles. The van der Waals surface area contributed by atoms with Gasteiger partial charge in [0.25, 0.3) is 0 Å². The van der Waals surface area contributed by atoms with Crippen LogP contribution in [0.5, 0.6) is 0 Å². The molecule has 0 radical (unpaired) electrons. The van der Waals surface area contributed by atoms with Crippen molar-refractivity contribution in [3.8, 4) is 0 Å². The maximum Gasteiger partial charge on any atom is 0.103 e. The van der Waals surface area contributed by atoms with Crippen molar-refractivity contribution >= 4 is 23.1 Å². The first-order valence-corrected chi connectivity index (χ1v) is 6.29. The number of thioether (sulfide) groups is 1. The third-order valence-corrected chi connectivity index (χ3v) is 3.53. The zero-order chi connectivity index (χ0) is 8.97. The number of hydrogen-bond acceptors (Lipinski definition) is 3. The average Bonchev–Trinajstić information content (AvgIpc) is 2.48. The molecule has 0 saturated heterocycles. The van der Waals surface area contributed by atoms with Gasteiger partial charge in [-0.25, -0.2) is 4.98 Å². The Bertz CT molecular complexity index is 230. The molecule has 0 bridgehead atoms. The molecular weight excluding hydrogens is 186 g/mol. The fraction of sp³-hybridized carbons (Fsp3) is 0.667. The van der Waals surface area contributed by atoms with Crippen LogP contribution in [0.4, 0.5) is 0 Å². The summed E-state index contributed by atoms with van der Waals surface area (Å²) in [7, 11) is 0. The second-order valence-electron chi connectivity index (χ2n) is 2.96. The fourth-order valence-corrected chi connectivity index (χ4v) is 2.55. The third kappa shape index (κ3) is 2.79. The smallest absolute Gasteiger partial charge is 0.103 e. The van der Waals surface area contributed by atoms with E-state index in [4.69, 9.17) is 0 Å². The van der Waals surface area contributed by atoms with Crippen molar-refractivity contribution in [1.82, 2.24) is 4.98 Å². The molecule has 0 N–H and O–H groups in total. The van der Waals surface area contributed by atoms with Crippen molar-refractivity contribution in [2.45, 2.75) is 32.4 Å². The van der Waals surface area contributed by atoms with Crippen LogP contribution in [-0.2, 0) is 5.75 Å². The third-order valence-electron chi connectivity index (χ3n) is 1.59. The van der Waals surface area contributed by atoms with E-state index in [0.717, 1.165) is 5.75 Å². The predicted molar refractivity (Wildman–Crippen MR) is 58.0 cm³/mol. The molecule has 12 heavy (non-hydrogen) atoms. The average molecular weight is 201 g/mol. The van der Waals surface area contributed by atoms with E-state index in [1.807, 2.05) is 11.8 Å². The van der Waals surface area contributed by atoms with Crippen LogP contribution in [0.25, 0.3) is 0 Å². The summed E-state index contributed by atoms with van der Waals surface area (Å²) in [6.45, 7) is 6.55. The number of thiazole rings is 1. The Balaban J connectivity index is 2.52. The van der Waals surface area contributed by atoms with Crippen molar-refractivity contribution in [3.63, 3.8) is 0 Å². The molecule has 0 atom stereocenters. The Labute approximate surface area is 82.6 Å². The molecule has 68 valence electrons. The Kier molecular flexibility index (Phi) is 4.09. The number of hydrogen-bond donors (Lipinski definition) is 0. The van der Waals surface area contributed by atoms with Gasteiger partial charge in [-0.05, 0) is 11.7 Å². The lowest BCUT2D eigenvalue weighted by molar-refractivity contribution is 0.828. The van der Waals surface area contributed by atoms with Gasteiger partial charge in [-0.2, -0.15) is 11.8 Å². The summed E-state index contributed by atoms with van der Waals surface area (Å²) in [5.41, 5.74) is 1.24. The molecule has 0 saturated carbocycles. The van der Waals surface area contributed by atoms with Gasteiger partial charge in [0, 0.05) is 11.1 Å². The minimum atomic E-state index is 0.571. The van der Waals surface area contributed by atoms with Crippen LogP contribution in [0.1, 0.15) is 37.4 Å². The molecule has 1 rings (SSSR count). The zero-order valence-corrected chi connectivity index (χ0v) is 9.47. The van der Waals surface area contributed by atoms with Gasteiger partial charge in [0.2, 0.25) is 0 Å². The molecule has 3 heteroatoms.